The van der Waals surface area contributed by atoms with E-state index < -0.39 is 0 Å². The van der Waals surface area contributed by atoms with Crippen molar-refractivity contribution in [1.29, 1.82) is 0 Å². The third-order valence-electron chi connectivity index (χ3n) is 4.79. The van der Waals surface area contributed by atoms with Crippen LogP contribution < -0.4 is 4.74 Å². The largest absolute Gasteiger partial charge is 0.487 e. The van der Waals surface area contributed by atoms with E-state index in [4.69, 9.17) is 4.74 Å². The molecular weight excluding hydrogens is 290 g/mol. The highest BCUT2D eigenvalue weighted by molar-refractivity contribution is 5.93. The van der Waals surface area contributed by atoms with Gasteiger partial charge in [-0.25, -0.2) is 0 Å². The van der Waals surface area contributed by atoms with Crippen LogP contribution in [0.5, 0.6) is 5.75 Å². The van der Waals surface area contributed by atoms with Gasteiger partial charge in [0.25, 0.3) is 5.91 Å². The first-order valence-corrected chi connectivity index (χ1v) is 8.28. The molecule has 1 aromatic carbocycles. The highest BCUT2D eigenvalue weighted by atomic mass is 16.5. The molecule has 2 aliphatic rings. The van der Waals surface area contributed by atoms with E-state index in [0.29, 0.717) is 24.3 Å². The number of hydrogen-bond donors (Lipinski definition) is 0. The standard InChI is InChI=1S/C18H21N3O2/c1-13(14-7-8-14)20-9-10-21-17(18(20)22)11-15(19-21)12-23-16-5-3-2-4-6-16/h2-6,11,13-14H,7-10,12H2,1H3/t13-/m0/s1. The maximum absolute atomic E-state index is 12.7. The van der Waals surface area contributed by atoms with Crippen LogP contribution in [0.15, 0.2) is 36.4 Å². The summed E-state index contributed by atoms with van der Waals surface area (Å²) < 4.78 is 7.55. The molecule has 2 aromatic rings. The van der Waals surface area contributed by atoms with Crippen LogP contribution in [0.1, 0.15) is 35.9 Å². The molecule has 23 heavy (non-hydrogen) atoms. The molecule has 5 nitrogen and oxygen atoms in total. The quantitative estimate of drug-likeness (QED) is 0.853. The number of hydrogen-bond acceptors (Lipinski definition) is 3. The van der Waals surface area contributed by atoms with Crippen molar-refractivity contribution < 1.29 is 9.53 Å². The number of nitrogens with zero attached hydrogens (tertiary/aromatic N) is 3. The van der Waals surface area contributed by atoms with Gasteiger partial charge >= 0.3 is 0 Å². The molecule has 0 saturated heterocycles. The Morgan fingerprint density at radius 1 is 1.26 bits per heavy atom. The number of amides is 1. The Balaban J connectivity index is 1.47. The molecular formula is C18H21N3O2. The van der Waals surface area contributed by atoms with Crippen molar-refractivity contribution in [3.05, 3.63) is 47.8 Å². The minimum absolute atomic E-state index is 0.106. The van der Waals surface area contributed by atoms with E-state index in [1.165, 1.54) is 12.8 Å². The van der Waals surface area contributed by atoms with Gasteiger partial charge in [0, 0.05) is 12.6 Å². The third kappa shape index (κ3) is 2.83. The Bertz CT molecular complexity index is 706. The van der Waals surface area contributed by atoms with Crippen molar-refractivity contribution in [3.8, 4) is 5.75 Å². The lowest BCUT2D eigenvalue weighted by Gasteiger charge is -2.32. The minimum atomic E-state index is 0.106. The molecule has 1 aromatic heterocycles. The van der Waals surface area contributed by atoms with E-state index in [2.05, 4.69) is 12.0 Å². The molecule has 1 saturated carbocycles. The fraction of sp³-hybridized carbons (Fsp3) is 0.444. The minimum Gasteiger partial charge on any atom is -0.487 e. The van der Waals surface area contributed by atoms with E-state index in [0.717, 1.165) is 24.5 Å². The van der Waals surface area contributed by atoms with Crippen molar-refractivity contribution in [2.45, 2.75) is 39.0 Å². The van der Waals surface area contributed by atoms with Crippen molar-refractivity contribution in [1.82, 2.24) is 14.7 Å². The van der Waals surface area contributed by atoms with Crippen LogP contribution >= 0.6 is 0 Å². The van der Waals surface area contributed by atoms with Crippen molar-refractivity contribution in [2.24, 2.45) is 5.92 Å². The first kappa shape index (κ1) is 14.3. The molecule has 0 radical (unpaired) electrons. The van der Waals surface area contributed by atoms with E-state index in [9.17, 15) is 4.79 Å². The lowest BCUT2D eigenvalue weighted by Crippen LogP contribution is -2.46. The lowest BCUT2D eigenvalue weighted by molar-refractivity contribution is 0.0604. The van der Waals surface area contributed by atoms with Crippen molar-refractivity contribution in [3.63, 3.8) is 0 Å². The van der Waals surface area contributed by atoms with Gasteiger partial charge in [0.05, 0.1) is 6.54 Å². The molecule has 0 bridgehead atoms. The van der Waals surface area contributed by atoms with Gasteiger partial charge in [-0.2, -0.15) is 5.10 Å². The second kappa shape index (κ2) is 5.72. The van der Waals surface area contributed by atoms with Crippen LogP contribution in [0, 0.1) is 5.92 Å². The molecule has 0 unspecified atom stereocenters. The number of rotatable bonds is 5. The van der Waals surface area contributed by atoms with Gasteiger partial charge in [-0.15, -0.1) is 0 Å². The summed E-state index contributed by atoms with van der Waals surface area (Å²) in [6.07, 6.45) is 2.50. The average Bonchev–Trinajstić information content (AvgIpc) is 3.34. The van der Waals surface area contributed by atoms with Crippen LogP contribution in [-0.4, -0.2) is 33.2 Å². The Morgan fingerprint density at radius 2 is 2.04 bits per heavy atom. The Labute approximate surface area is 135 Å². The number of aromatic nitrogens is 2. The maximum Gasteiger partial charge on any atom is 0.272 e. The van der Waals surface area contributed by atoms with Gasteiger partial charge in [0.1, 0.15) is 23.7 Å². The Morgan fingerprint density at radius 3 is 2.78 bits per heavy atom. The van der Waals surface area contributed by atoms with E-state index in [1.54, 1.807) is 0 Å². The van der Waals surface area contributed by atoms with E-state index in [-0.39, 0.29) is 5.91 Å². The molecule has 0 spiro atoms. The average molecular weight is 311 g/mol. The molecule has 120 valence electrons. The highest BCUT2D eigenvalue weighted by Crippen LogP contribution is 2.36. The molecule has 5 heteroatoms. The summed E-state index contributed by atoms with van der Waals surface area (Å²) in [6.45, 7) is 4.07. The van der Waals surface area contributed by atoms with Gasteiger partial charge in [-0.05, 0) is 43.9 Å². The molecule has 0 N–H and O–H groups in total. The smallest absolute Gasteiger partial charge is 0.272 e. The number of benzene rings is 1. The van der Waals surface area contributed by atoms with E-state index >= 15 is 0 Å². The van der Waals surface area contributed by atoms with E-state index in [1.807, 2.05) is 46.0 Å². The molecule has 2 heterocycles. The van der Waals surface area contributed by atoms with Gasteiger partial charge < -0.3 is 9.64 Å². The predicted octanol–water partition coefficient (Wildman–Crippen LogP) is 2.72. The normalized spacial score (nSPS) is 18.7. The summed E-state index contributed by atoms with van der Waals surface area (Å²) in [6, 6.07) is 11.9. The SMILES string of the molecule is C[C@@H](C1CC1)N1CCn2nc(COc3ccccc3)cc2C1=O. The number of para-hydroxylation sites is 1. The maximum atomic E-state index is 12.7. The van der Waals surface area contributed by atoms with Crippen LogP contribution in [0.3, 0.4) is 0 Å². The number of carbonyl (C=O) groups excluding carboxylic acids is 1. The molecule has 4 rings (SSSR count). The Kier molecular flexibility index (Phi) is 3.56. The fourth-order valence-corrected chi connectivity index (χ4v) is 3.23. The van der Waals surface area contributed by atoms with Gasteiger partial charge in [-0.1, -0.05) is 18.2 Å². The van der Waals surface area contributed by atoms with Crippen LogP contribution in [0.25, 0.3) is 0 Å². The van der Waals surface area contributed by atoms with Gasteiger partial charge in [-0.3, -0.25) is 9.48 Å². The number of ether oxygens (including phenoxy) is 1. The molecule has 1 amide bonds. The van der Waals surface area contributed by atoms with Gasteiger partial charge in [0.2, 0.25) is 0 Å². The van der Waals surface area contributed by atoms with Crippen LogP contribution in [-0.2, 0) is 13.2 Å². The molecule has 1 atom stereocenters. The fourth-order valence-electron chi connectivity index (χ4n) is 3.23. The summed E-state index contributed by atoms with van der Waals surface area (Å²) in [7, 11) is 0. The number of carbonyl (C=O) groups is 1. The summed E-state index contributed by atoms with van der Waals surface area (Å²) >= 11 is 0. The zero-order valence-electron chi connectivity index (χ0n) is 13.3. The summed E-state index contributed by atoms with van der Waals surface area (Å²) in [4.78, 5) is 14.7. The first-order valence-electron chi connectivity index (χ1n) is 8.28. The first-order chi connectivity index (χ1) is 11.2. The summed E-state index contributed by atoms with van der Waals surface area (Å²) in [5.41, 5.74) is 1.49. The zero-order chi connectivity index (χ0) is 15.8. The topological polar surface area (TPSA) is 47.4 Å². The summed E-state index contributed by atoms with van der Waals surface area (Å²) in [5.74, 6) is 1.61. The molecule has 1 aliphatic carbocycles. The zero-order valence-corrected chi connectivity index (χ0v) is 13.3. The molecule has 1 fully saturated rings. The van der Waals surface area contributed by atoms with Crippen molar-refractivity contribution >= 4 is 5.91 Å². The Hall–Kier alpha value is -2.30. The third-order valence-corrected chi connectivity index (χ3v) is 4.79. The summed E-state index contributed by atoms with van der Waals surface area (Å²) in [5, 5.41) is 4.51. The highest BCUT2D eigenvalue weighted by Gasteiger charge is 2.37. The predicted molar refractivity (Wildman–Crippen MR) is 86.2 cm³/mol. The lowest BCUT2D eigenvalue weighted by atomic mass is 10.1. The monoisotopic (exact) mass is 311 g/mol. The van der Waals surface area contributed by atoms with Crippen LogP contribution in [0.4, 0.5) is 0 Å². The van der Waals surface area contributed by atoms with Gasteiger partial charge in [0.15, 0.2) is 0 Å². The van der Waals surface area contributed by atoms with Crippen LogP contribution in [0.2, 0.25) is 0 Å². The molecule has 1 aliphatic heterocycles. The second-order valence-electron chi connectivity index (χ2n) is 6.42. The number of fused-ring (bicyclic) bond motifs is 1. The van der Waals surface area contributed by atoms with Crippen molar-refractivity contribution in [2.75, 3.05) is 6.54 Å². The second-order valence-corrected chi connectivity index (χ2v) is 6.42.